The van der Waals surface area contributed by atoms with Gasteiger partial charge < -0.3 is 9.84 Å². The molecule has 4 nitrogen and oxygen atoms in total. The van der Waals surface area contributed by atoms with Crippen molar-refractivity contribution in [2.24, 2.45) is 0 Å². The molecular weight excluding hydrogens is 262 g/mol. The standard InChI is InChI=1S/C11H8ClNO3S/c1-16-7-5-3-2-4-6(7)10-13-8(11(14)15)9(12)17-10/h2-5H,1H3,(H,14,15). The number of hydrogen-bond donors (Lipinski definition) is 1. The number of nitrogens with zero attached hydrogens (tertiary/aromatic N) is 1. The minimum atomic E-state index is -1.13. The quantitative estimate of drug-likeness (QED) is 0.930. The zero-order valence-electron chi connectivity index (χ0n) is 8.81. The van der Waals surface area contributed by atoms with Crippen LogP contribution in [0.25, 0.3) is 10.6 Å². The van der Waals surface area contributed by atoms with E-state index in [-0.39, 0.29) is 10.0 Å². The van der Waals surface area contributed by atoms with Crippen molar-refractivity contribution in [1.29, 1.82) is 0 Å². The van der Waals surface area contributed by atoms with Crippen LogP contribution in [0.2, 0.25) is 4.34 Å². The Kier molecular flexibility index (Phi) is 3.31. The van der Waals surface area contributed by atoms with Crippen molar-refractivity contribution in [2.75, 3.05) is 7.11 Å². The lowest BCUT2D eigenvalue weighted by atomic mass is 10.2. The number of para-hydroxylation sites is 1. The number of aromatic nitrogens is 1. The predicted molar refractivity (Wildman–Crippen MR) is 66.1 cm³/mol. The van der Waals surface area contributed by atoms with Gasteiger partial charge in [0.1, 0.15) is 15.1 Å². The first kappa shape index (κ1) is 11.9. The fourth-order valence-electron chi connectivity index (χ4n) is 1.37. The molecule has 1 aromatic carbocycles. The number of carboxylic acids is 1. The molecule has 1 aromatic heterocycles. The molecule has 0 fully saturated rings. The molecule has 1 N–H and O–H groups in total. The van der Waals surface area contributed by atoms with E-state index in [1.807, 2.05) is 12.1 Å². The molecule has 88 valence electrons. The van der Waals surface area contributed by atoms with Crippen molar-refractivity contribution in [3.63, 3.8) is 0 Å². The molecule has 2 aromatic rings. The van der Waals surface area contributed by atoms with Gasteiger partial charge in [-0.2, -0.15) is 0 Å². The molecule has 0 aliphatic rings. The SMILES string of the molecule is COc1ccccc1-c1nc(C(=O)O)c(Cl)s1. The summed E-state index contributed by atoms with van der Waals surface area (Å²) in [6.07, 6.45) is 0. The number of ether oxygens (including phenoxy) is 1. The molecule has 0 amide bonds. The maximum atomic E-state index is 10.8. The first-order valence-corrected chi connectivity index (χ1v) is 5.86. The van der Waals surface area contributed by atoms with Gasteiger partial charge in [0.05, 0.1) is 12.7 Å². The first-order chi connectivity index (χ1) is 8.13. The maximum absolute atomic E-state index is 10.8. The summed E-state index contributed by atoms with van der Waals surface area (Å²) in [6, 6.07) is 7.24. The van der Waals surface area contributed by atoms with E-state index in [1.165, 1.54) is 0 Å². The summed E-state index contributed by atoms with van der Waals surface area (Å²) in [6.45, 7) is 0. The van der Waals surface area contributed by atoms with Crippen LogP contribution in [0.15, 0.2) is 24.3 Å². The van der Waals surface area contributed by atoms with Gasteiger partial charge in [-0.25, -0.2) is 9.78 Å². The van der Waals surface area contributed by atoms with Gasteiger partial charge >= 0.3 is 5.97 Å². The van der Waals surface area contributed by atoms with Gasteiger partial charge in [0, 0.05) is 0 Å². The van der Waals surface area contributed by atoms with Gasteiger partial charge in [-0.1, -0.05) is 23.7 Å². The highest BCUT2D eigenvalue weighted by Gasteiger charge is 2.18. The summed E-state index contributed by atoms with van der Waals surface area (Å²) in [5.41, 5.74) is 0.604. The van der Waals surface area contributed by atoms with Crippen LogP contribution >= 0.6 is 22.9 Å². The van der Waals surface area contributed by atoms with Crippen molar-refractivity contribution >= 4 is 28.9 Å². The molecule has 0 atom stereocenters. The van der Waals surface area contributed by atoms with E-state index in [2.05, 4.69) is 4.98 Å². The summed E-state index contributed by atoms with van der Waals surface area (Å²) in [5.74, 6) is -0.498. The van der Waals surface area contributed by atoms with Crippen LogP contribution in [-0.4, -0.2) is 23.2 Å². The van der Waals surface area contributed by atoms with Crippen molar-refractivity contribution in [1.82, 2.24) is 4.98 Å². The lowest BCUT2D eigenvalue weighted by Crippen LogP contribution is -1.97. The highest BCUT2D eigenvalue weighted by atomic mass is 35.5. The van der Waals surface area contributed by atoms with Gasteiger partial charge in [0.25, 0.3) is 0 Å². The second-order valence-corrected chi connectivity index (χ2v) is 4.75. The second kappa shape index (κ2) is 4.73. The van der Waals surface area contributed by atoms with E-state index < -0.39 is 5.97 Å². The average Bonchev–Trinajstić information content (AvgIpc) is 2.71. The second-order valence-electron chi connectivity index (χ2n) is 3.15. The molecule has 0 aliphatic carbocycles. The van der Waals surface area contributed by atoms with Crippen LogP contribution in [0.3, 0.4) is 0 Å². The van der Waals surface area contributed by atoms with Gasteiger partial charge in [0.2, 0.25) is 0 Å². The Morgan fingerprint density at radius 2 is 2.18 bits per heavy atom. The van der Waals surface area contributed by atoms with Crippen LogP contribution in [0.4, 0.5) is 0 Å². The Morgan fingerprint density at radius 1 is 1.47 bits per heavy atom. The number of rotatable bonds is 3. The van der Waals surface area contributed by atoms with Gasteiger partial charge in [-0.05, 0) is 12.1 Å². The number of benzene rings is 1. The topological polar surface area (TPSA) is 59.4 Å². The van der Waals surface area contributed by atoms with E-state index in [9.17, 15) is 4.79 Å². The minimum Gasteiger partial charge on any atom is -0.496 e. The molecule has 0 unspecified atom stereocenters. The van der Waals surface area contributed by atoms with E-state index in [0.29, 0.717) is 10.8 Å². The Balaban J connectivity index is 2.53. The summed E-state index contributed by atoms with van der Waals surface area (Å²) in [7, 11) is 1.55. The fourth-order valence-corrected chi connectivity index (χ4v) is 2.53. The third-order valence-corrected chi connectivity index (χ3v) is 3.41. The molecule has 17 heavy (non-hydrogen) atoms. The molecule has 0 saturated carbocycles. The van der Waals surface area contributed by atoms with Crippen molar-refractivity contribution < 1.29 is 14.6 Å². The van der Waals surface area contributed by atoms with Crippen molar-refractivity contribution in [3.8, 4) is 16.3 Å². The molecule has 2 rings (SSSR count). The lowest BCUT2D eigenvalue weighted by molar-refractivity contribution is 0.0691. The van der Waals surface area contributed by atoms with Crippen LogP contribution in [0, 0.1) is 0 Å². The largest absolute Gasteiger partial charge is 0.496 e. The molecule has 0 aliphatic heterocycles. The number of hydrogen-bond acceptors (Lipinski definition) is 4. The summed E-state index contributed by atoms with van der Waals surface area (Å²) < 4.78 is 5.35. The van der Waals surface area contributed by atoms with E-state index in [0.717, 1.165) is 16.9 Å². The molecule has 0 bridgehead atoms. The Bertz CT molecular complexity index is 568. The van der Waals surface area contributed by atoms with Crippen molar-refractivity contribution in [2.45, 2.75) is 0 Å². The Labute approximate surface area is 106 Å². The summed E-state index contributed by atoms with van der Waals surface area (Å²) in [5, 5.41) is 9.41. The van der Waals surface area contributed by atoms with Crippen LogP contribution in [0.1, 0.15) is 10.5 Å². The number of carboxylic acid groups (broad SMARTS) is 1. The fraction of sp³-hybridized carbons (Fsp3) is 0.0909. The summed E-state index contributed by atoms with van der Waals surface area (Å²) in [4.78, 5) is 14.8. The maximum Gasteiger partial charge on any atom is 0.356 e. The number of methoxy groups -OCH3 is 1. The predicted octanol–water partition coefficient (Wildman–Crippen LogP) is 3.17. The third kappa shape index (κ3) is 2.25. The highest BCUT2D eigenvalue weighted by molar-refractivity contribution is 7.19. The molecule has 0 radical (unpaired) electrons. The number of halogens is 1. The monoisotopic (exact) mass is 269 g/mol. The van der Waals surface area contributed by atoms with Crippen LogP contribution in [0.5, 0.6) is 5.75 Å². The molecule has 0 spiro atoms. The molecule has 0 saturated heterocycles. The molecular formula is C11H8ClNO3S. The smallest absolute Gasteiger partial charge is 0.356 e. The molecule has 1 heterocycles. The van der Waals surface area contributed by atoms with Gasteiger partial charge in [-0.3, -0.25) is 0 Å². The first-order valence-electron chi connectivity index (χ1n) is 4.66. The normalized spacial score (nSPS) is 10.2. The summed E-state index contributed by atoms with van der Waals surface area (Å²) >= 11 is 6.94. The van der Waals surface area contributed by atoms with Crippen LogP contribution in [-0.2, 0) is 0 Å². The Morgan fingerprint density at radius 3 is 2.76 bits per heavy atom. The zero-order valence-corrected chi connectivity index (χ0v) is 10.4. The Hall–Kier alpha value is -1.59. The lowest BCUT2D eigenvalue weighted by Gasteiger charge is -2.04. The third-order valence-electron chi connectivity index (χ3n) is 2.13. The van der Waals surface area contributed by atoms with Gasteiger partial charge in [-0.15, -0.1) is 11.3 Å². The minimum absolute atomic E-state index is 0.127. The average molecular weight is 270 g/mol. The van der Waals surface area contributed by atoms with Gasteiger partial charge in [0.15, 0.2) is 5.69 Å². The number of thiazole rings is 1. The number of aromatic carboxylic acids is 1. The zero-order chi connectivity index (χ0) is 12.4. The van der Waals surface area contributed by atoms with Crippen molar-refractivity contribution in [3.05, 3.63) is 34.3 Å². The number of carbonyl (C=O) groups is 1. The van der Waals surface area contributed by atoms with E-state index in [1.54, 1.807) is 19.2 Å². The molecule has 6 heteroatoms. The van der Waals surface area contributed by atoms with Crippen LogP contribution < -0.4 is 4.74 Å². The highest BCUT2D eigenvalue weighted by Crippen LogP contribution is 2.36. The van der Waals surface area contributed by atoms with E-state index in [4.69, 9.17) is 21.4 Å². The van der Waals surface area contributed by atoms with E-state index >= 15 is 0 Å².